The van der Waals surface area contributed by atoms with Crippen LogP contribution in [0.5, 0.6) is 0 Å². The van der Waals surface area contributed by atoms with Crippen molar-refractivity contribution in [3.8, 4) is 0 Å². The SMILES string of the molecule is CC(C)OC(=O)CCCCCN1C(=CC=CC2=[N+](C)c3ccccc3C2(C)C)C(C)(C)c2ccccc21.[Cl-]. The van der Waals surface area contributed by atoms with Gasteiger partial charge in [0, 0.05) is 47.5 Å². The molecular formula is C33H43ClN2O2. The van der Waals surface area contributed by atoms with Gasteiger partial charge in [0.05, 0.1) is 11.5 Å². The second-order valence-corrected chi connectivity index (χ2v) is 11.6. The van der Waals surface area contributed by atoms with Gasteiger partial charge in [0.25, 0.3) is 0 Å². The molecule has 0 unspecified atom stereocenters. The van der Waals surface area contributed by atoms with Crippen LogP contribution in [0.2, 0.25) is 0 Å². The molecular weight excluding hydrogens is 492 g/mol. The van der Waals surface area contributed by atoms with Gasteiger partial charge in [-0.3, -0.25) is 4.79 Å². The zero-order chi connectivity index (χ0) is 26.8. The number of allylic oxidation sites excluding steroid dienone is 4. The fraction of sp³-hybridized carbons (Fsp3) is 0.455. The van der Waals surface area contributed by atoms with Crippen LogP contribution < -0.4 is 17.3 Å². The lowest BCUT2D eigenvalue weighted by Crippen LogP contribution is -3.00. The molecule has 4 rings (SSSR count). The average molecular weight is 535 g/mol. The molecule has 0 saturated heterocycles. The quantitative estimate of drug-likeness (QED) is 0.271. The summed E-state index contributed by atoms with van der Waals surface area (Å²) in [5, 5.41) is 0. The van der Waals surface area contributed by atoms with E-state index in [1.807, 2.05) is 13.8 Å². The van der Waals surface area contributed by atoms with E-state index >= 15 is 0 Å². The predicted octanol–water partition coefficient (Wildman–Crippen LogP) is 4.45. The van der Waals surface area contributed by atoms with Crippen LogP contribution >= 0.6 is 0 Å². The van der Waals surface area contributed by atoms with Crippen LogP contribution in [-0.2, 0) is 20.4 Å². The molecule has 2 aromatic rings. The molecule has 0 fully saturated rings. The van der Waals surface area contributed by atoms with Crippen molar-refractivity contribution < 1.29 is 26.5 Å². The van der Waals surface area contributed by atoms with E-state index in [0.717, 1.165) is 25.8 Å². The summed E-state index contributed by atoms with van der Waals surface area (Å²) in [5.74, 6) is -0.0900. The van der Waals surface area contributed by atoms with E-state index in [1.54, 1.807) is 0 Å². The van der Waals surface area contributed by atoms with Gasteiger partial charge in [-0.25, -0.2) is 0 Å². The fourth-order valence-electron chi connectivity index (χ4n) is 5.95. The highest BCUT2D eigenvalue weighted by Crippen LogP contribution is 2.47. The van der Waals surface area contributed by atoms with Gasteiger partial charge >= 0.3 is 5.97 Å². The number of nitrogens with zero attached hydrogens (tertiary/aromatic N) is 2. The first-order chi connectivity index (χ1) is 17.5. The third-order valence-corrected chi connectivity index (χ3v) is 7.88. The molecule has 5 heteroatoms. The molecule has 2 aliphatic heterocycles. The van der Waals surface area contributed by atoms with Gasteiger partial charge in [-0.05, 0) is 58.2 Å². The first-order valence-corrected chi connectivity index (χ1v) is 13.7. The van der Waals surface area contributed by atoms with Crippen molar-refractivity contribution in [1.29, 1.82) is 0 Å². The zero-order valence-corrected chi connectivity index (χ0v) is 24.8. The molecule has 0 atom stereocenters. The van der Waals surface area contributed by atoms with E-state index < -0.39 is 0 Å². The van der Waals surface area contributed by atoms with Gasteiger partial charge in [0.2, 0.25) is 5.69 Å². The molecule has 0 saturated carbocycles. The number of carbonyl (C=O) groups excluding carboxylic acids is 1. The lowest BCUT2D eigenvalue weighted by molar-refractivity contribution is -0.401. The molecule has 2 aromatic carbocycles. The molecule has 0 radical (unpaired) electrons. The molecule has 38 heavy (non-hydrogen) atoms. The van der Waals surface area contributed by atoms with E-state index in [9.17, 15) is 4.79 Å². The first kappa shape index (κ1) is 29.7. The maximum atomic E-state index is 11.9. The smallest absolute Gasteiger partial charge is 0.306 e. The number of rotatable bonds is 9. The molecule has 0 amide bonds. The molecule has 4 nitrogen and oxygen atoms in total. The Morgan fingerprint density at radius 1 is 0.947 bits per heavy atom. The Labute approximate surface area is 235 Å². The monoisotopic (exact) mass is 534 g/mol. The zero-order valence-electron chi connectivity index (χ0n) is 24.1. The van der Waals surface area contributed by atoms with Crippen molar-refractivity contribution >= 4 is 23.1 Å². The van der Waals surface area contributed by atoms with Gasteiger partial charge in [-0.15, -0.1) is 0 Å². The summed E-state index contributed by atoms with van der Waals surface area (Å²) >= 11 is 0. The molecule has 204 valence electrons. The van der Waals surface area contributed by atoms with E-state index in [4.69, 9.17) is 4.74 Å². The third kappa shape index (κ3) is 5.76. The number of carbonyl (C=O) groups is 1. The van der Waals surface area contributed by atoms with Crippen LogP contribution in [0.3, 0.4) is 0 Å². The predicted molar refractivity (Wildman–Crippen MR) is 154 cm³/mol. The number of unbranched alkanes of at least 4 members (excludes halogenated alkanes) is 2. The second kappa shape index (κ2) is 11.9. The van der Waals surface area contributed by atoms with Crippen LogP contribution in [0.15, 0.2) is 72.5 Å². The topological polar surface area (TPSA) is 32.5 Å². The molecule has 0 spiro atoms. The number of ether oxygens (including phenoxy) is 1. The summed E-state index contributed by atoms with van der Waals surface area (Å²) in [6, 6.07) is 17.5. The Bertz CT molecular complexity index is 1250. The summed E-state index contributed by atoms with van der Waals surface area (Å²) in [5.41, 5.74) is 7.83. The van der Waals surface area contributed by atoms with Gasteiger partial charge in [-0.2, -0.15) is 4.58 Å². The number of anilines is 1. The molecule has 0 bridgehead atoms. The number of esters is 1. The highest BCUT2D eigenvalue weighted by atomic mass is 35.5. The van der Waals surface area contributed by atoms with Crippen LogP contribution in [0.1, 0.15) is 78.4 Å². The summed E-state index contributed by atoms with van der Waals surface area (Å²) in [6.07, 6.45) is 10.2. The van der Waals surface area contributed by atoms with Crippen molar-refractivity contribution in [1.82, 2.24) is 0 Å². The highest BCUT2D eigenvalue weighted by Gasteiger charge is 2.43. The minimum atomic E-state index is -0.0900. The Hall–Kier alpha value is -2.85. The van der Waals surface area contributed by atoms with Gasteiger partial charge in [0.1, 0.15) is 7.05 Å². The number of benzene rings is 2. The number of para-hydroxylation sites is 2. The van der Waals surface area contributed by atoms with Crippen LogP contribution in [0.25, 0.3) is 0 Å². The van der Waals surface area contributed by atoms with Crippen LogP contribution in [-0.4, -0.2) is 36.0 Å². The highest BCUT2D eigenvalue weighted by molar-refractivity contribution is 6.03. The minimum Gasteiger partial charge on any atom is -1.00 e. The van der Waals surface area contributed by atoms with Crippen molar-refractivity contribution in [3.63, 3.8) is 0 Å². The van der Waals surface area contributed by atoms with Gasteiger partial charge in [0.15, 0.2) is 5.71 Å². The Morgan fingerprint density at radius 3 is 2.29 bits per heavy atom. The summed E-state index contributed by atoms with van der Waals surface area (Å²) in [7, 11) is 2.17. The van der Waals surface area contributed by atoms with Gasteiger partial charge in [-0.1, -0.05) is 62.7 Å². The van der Waals surface area contributed by atoms with Crippen LogP contribution in [0.4, 0.5) is 11.4 Å². The standard InChI is InChI=1S/C33H43N2O2.ClH/c1-24(2)37-31(36)22-9-8-14-23-35-28-19-13-11-17-26(28)33(5,6)30(35)21-15-20-29-32(3,4)25-16-10-12-18-27(25)34(29)7;/h10-13,15-21,24H,8-9,14,22-23H2,1-7H3;1H/q+1;/p-1. The molecule has 0 N–H and O–H groups in total. The summed E-state index contributed by atoms with van der Waals surface area (Å²) in [6.45, 7) is 14.0. The number of hydrogen-bond donors (Lipinski definition) is 0. The van der Waals surface area contributed by atoms with Crippen molar-refractivity contribution in [3.05, 3.63) is 83.6 Å². The van der Waals surface area contributed by atoms with Crippen molar-refractivity contribution in [2.45, 2.75) is 84.2 Å². The minimum absolute atomic E-state index is 0. The van der Waals surface area contributed by atoms with Crippen LogP contribution in [0, 0.1) is 0 Å². The fourth-order valence-corrected chi connectivity index (χ4v) is 5.95. The molecule has 2 heterocycles. The van der Waals surface area contributed by atoms with E-state index in [0.29, 0.717) is 6.42 Å². The first-order valence-electron chi connectivity index (χ1n) is 13.7. The molecule has 0 aromatic heterocycles. The Morgan fingerprint density at radius 2 is 1.61 bits per heavy atom. The maximum Gasteiger partial charge on any atom is 0.306 e. The number of hydrogen-bond acceptors (Lipinski definition) is 3. The Kier molecular flexibility index (Phi) is 9.30. The largest absolute Gasteiger partial charge is 1.00 e. The second-order valence-electron chi connectivity index (χ2n) is 11.6. The third-order valence-electron chi connectivity index (χ3n) is 7.88. The molecule has 2 aliphatic rings. The Balaban J connectivity index is 0.00000400. The summed E-state index contributed by atoms with van der Waals surface area (Å²) < 4.78 is 7.60. The van der Waals surface area contributed by atoms with Crippen molar-refractivity contribution in [2.75, 3.05) is 18.5 Å². The normalized spacial score (nSPS) is 18.2. The lowest BCUT2D eigenvalue weighted by atomic mass is 9.81. The maximum absolute atomic E-state index is 11.9. The number of fused-ring (bicyclic) bond motifs is 2. The average Bonchev–Trinajstić information content (AvgIpc) is 3.18. The van der Waals surface area contributed by atoms with E-state index in [1.165, 1.54) is 33.9 Å². The lowest BCUT2D eigenvalue weighted by Gasteiger charge is -2.27. The van der Waals surface area contributed by atoms with E-state index in [2.05, 4.69) is 111 Å². The van der Waals surface area contributed by atoms with E-state index in [-0.39, 0.29) is 35.3 Å². The van der Waals surface area contributed by atoms with Crippen molar-refractivity contribution in [2.24, 2.45) is 0 Å². The van der Waals surface area contributed by atoms with Gasteiger partial charge < -0.3 is 22.0 Å². The number of halogens is 1. The summed E-state index contributed by atoms with van der Waals surface area (Å²) in [4.78, 5) is 14.4. The molecule has 0 aliphatic carbocycles.